The Morgan fingerprint density at radius 3 is 2.69 bits per heavy atom. The molecule has 1 aliphatic heterocycles. The molecule has 0 N–H and O–H groups in total. The van der Waals surface area contributed by atoms with Gasteiger partial charge in [-0.3, -0.25) is 0 Å². The third-order valence-corrected chi connectivity index (χ3v) is 2.41. The van der Waals surface area contributed by atoms with E-state index in [4.69, 9.17) is 16.4 Å². The molecule has 1 aliphatic rings. The van der Waals surface area contributed by atoms with Gasteiger partial charge in [-0.2, -0.15) is 0 Å². The number of aryl methyl sites for hydroxylation is 1. The molecule has 0 unspecified atom stereocenters. The highest BCUT2D eigenvalue weighted by molar-refractivity contribution is 6.30. The summed E-state index contributed by atoms with van der Waals surface area (Å²) in [7, 11) is 0. The predicted octanol–water partition coefficient (Wildman–Crippen LogP) is 2.65. The number of nitrogens with zero attached hydrogens (tertiary/aromatic N) is 1. The Morgan fingerprint density at radius 1 is 1.38 bits per heavy atom. The molecule has 2 nitrogen and oxygen atoms in total. The van der Waals surface area contributed by atoms with Crippen LogP contribution in [-0.2, 0) is 0 Å². The molecular weight excluding hydrogens is 186 g/mol. The second kappa shape index (κ2) is 3.56. The Bertz CT molecular complexity index is 310. The van der Waals surface area contributed by atoms with E-state index < -0.39 is 0 Å². The van der Waals surface area contributed by atoms with Crippen LogP contribution in [0.15, 0.2) is 18.2 Å². The van der Waals surface area contributed by atoms with Gasteiger partial charge in [-0.15, -0.1) is 5.06 Å². The van der Waals surface area contributed by atoms with Crippen LogP contribution >= 0.6 is 11.6 Å². The number of benzene rings is 1. The highest BCUT2D eigenvalue weighted by Gasteiger charge is 2.16. The second-order valence-corrected chi connectivity index (χ2v) is 3.72. The van der Waals surface area contributed by atoms with Gasteiger partial charge >= 0.3 is 0 Å². The fourth-order valence-corrected chi connectivity index (χ4v) is 1.46. The Balaban J connectivity index is 2.10. The molecule has 0 radical (unpaired) electrons. The predicted molar refractivity (Wildman–Crippen MR) is 53.0 cm³/mol. The van der Waals surface area contributed by atoms with Gasteiger partial charge in [-0.25, -0.2) is 0 Å². The van der Waals surface area contributed by atoms with E-state index in [-0.39, 0.29) is 0 Å². The molecule has 3 heteroatoms. The van der Waals surface area contributed by atoms with Gasteiger partial charge in [0.25, 0.3) is 0 Å². The summed E-state index contributed by atoms with van der Waals surface area (Å²) in [5, 5.41) is 2.71. The third-order valence-electron chi connectivity index (χ3n) is 2.18. The van der Waals surface area contributed by atoms with Crippen LogP contribution < -0.4 is 4.84 Å². The Hall–Kier alpha value is -0.730. The monoisotopic (exact) mass is 197 g/mol. The molecule has 0 bridgehead atoms. The second-order valence-electron chi connectivity index (χ2n) is 3.28. The van der Waals surface area contributed by atoms with Crippen LogP contribution in [0.3, 0.4) is 0 Å². The molecule has 0 aromatic heterocycles. The number of halogens is 1. The van der Waals surface area contributed by atoms with Crippen molar-refractivity contribution in [2.24, 2.45) is 0 Å². The molecule has 0 saturated carbocycles. The van der Waals surface area contributed by atoms with Crippen LogP contribution in [0.1, 0.15) is 12.0 Å². The zero-order chi connectivity index (χ0) is 9.26. The van der Waals surface area contributed by atoms with Crippen molar-refractivity contribution in [3.05, 3.63) is 28.8 Å². The van der Waals surface area contributed by atoms with Crippen LogP contribution in [0.25, 0.3) is 0 Å². The summed E-state index contributed by atoms with van der Waals surface area (Å²) in [4.78, 5) is 5.61. The molecule has 1 saturated heterocycles. The normalized spacial score (nSPS) is 16.8. The van der Waals surface area contributed by atoms with E-state index >= 15 is 0 Å². The Kier molecular flexibility index (Phi) is 2.42. The first-order valence-corrected chi connectivity index (χ1v) is 4.82. The maximum Gasteiger partial charge on any atom is 0.150 e. The largest absolute Gasteiger partial charge is 0.406 e. The molecule has 2 rings (SSSR count). The molecule has 70 valence electrons. The summed E-state index contributed by atoms with van der Waals surface area (Å²) < 4.78 is 0. The van der Waals surface area contributed by atoms with Crippen molar-refractivity contribution in [2.75, 3.05) is 13.1 Å². The summed E-state index contributed by atoms with van der Waals surface area (Å²) in [5.74, 6) is 0.907. The van der Waals surface area contributed by atoms with Crippen molar-refractivity contribution < 1.29 is 4.84 Å². The first-order chi connectivity index (χ1) is 6.25. The average molecular weight is 198 g/mol. The molecule has 1 aromatic rings. The fourth-order valence-electron chi connectivity index (χ4n) is 1.23. The van der Waals surface area contributed by atoms with Crippen molar-refractivity contribution in [3.8, 4) is 5.75 Å². The van der Waals surface area contributed by atoms with Gasteiger partial charge in [0.05, 0.1) is 0 Å². The lowest BCUT2D eigenvalue weighted by molar-refractivity contribution is -0.107. The minimum atomic E-state index is 0.758. The van der Waals surface area contributed by atoms with Gasteiger partial charge < -0.3 is 4.84 Å². The maximum atomic E-state index is 5.83. The van der Waals surface area contributed by atoms with Crippen LogP contribution in [-0.4, -0.2) is 18.2 Å². The smallest absolute Gasteiger partial charge is 0.150 e. The summed E-state index contributed by atoms with van der Waals surface area (Å²) in [6.07, 6.45) is 1.23. The van der Waals surface area contributed by atoms with E-state index in [0.29, 0.717) is 0 Å². The zero-order valence-corrected chi connectivity index (χ0v) is 8.34. The maximum absolute atomic E-state index is 5.83. The van der Waals surface area contributed by atoms with E-state index in [1.807, 2.05) is 30.2 Å². The molecule has 0 aliphatic carbocycles. The Morgan fingerprint density at radius 2 is 2.15 bits per heavy atom. The molecule has 0 atom stereocenters. The lowest BCUT2D eigenvalue weighted by Crippen LogP contribution is -2.39. The van der Waals surface area contributed by atoms with Crippen molar-refractivity contribution in [1.82, 2.24) is 5.06 Å². The number of hydrogen-bond donors (Lipinski definition) is 0. The molecule has 1 heterocycles. The number of rotatable bonds is 2. The van der Waals surface area contributed by atoms with E-state index in [9.17, 15) is 0 Å². The lowest BCUT2D eigenvalue weighted by atomic mass is 10.2. The van der Waals surface area contributed by atoms with Crippen molar-refractivity contribution in [1.29, 1.82) is 0 Å². The van der Waals surface area contributed by atoms with Gasteiger partial charge in [-0.05, 0) is 37.1 Å². The highest BCUT2D eigenvalue weighted by atomic mass is 35.5. The van der Waals surface area contributed by atoms with Crippen molar-refractivity contribution in [2.45, 2.75) is 13.3 Å². The SMILES string of the molecule is Cc1cc(Cl)ccc1ON1CCC1. The fraction of sp³-hybridized carbons (Fsp3) is 0.400. The van der Waals surface area contributed by atoms with E-state index in [2.05, 4.69) is 0 Å². The third kappa shape index (κ3) is 1.95. The van der Waals surface area contributed by atoms with Gasteiger partial charge in [0.2, 0.25) is 0 Å². The summed E-state index contributed by atoms with van der Waals surface area (Å²) >= 11 is 5.83. The topological polar surface area (TPSA) is 12.5 Å². The highest BCUT2D eigenvalue weighted by Crippen LogP contribution is 2.23. The van der Waals surface area contributed by atoms with Gasteiger partial charge in [-0.1, -0.05) is 11.6 Å². The van der Waals surface area contributed by atoms with Crippen LogP contribution in [0.4, 0.5) is 0 Å². The van der Waals surface area contributed by atoms with E-state index in [1.54, 1.807) is 0 Å². The van der Waals surface area contributed by atoms with Gasteiger partial charge in [0.15, 0.2) is 0 Å². The number of hydroxylamine groups is 2. The Labute approximate surface area is 83.0 Å². The minimum absolute atomic E-state index is 0.758. The number of hydrogen-bond acceptors (Lipinski definition) is 2. The lowest BCUT2D eigenvalue weighted by Gasteiger charge is -2.30. The molecule has 1 aromatic carbocycles. The molecule has 0 spiro atoms. The molecular formula is C10H12ClNO. The summed E-state index contributed by atoms with van der Waals surface area (Å²) in [6, 6.07) is 5.68. The molecule has 1 fully saturated rings. The van der Waals surface area contributed by atoms with E-state index in [0.717, 1.165) is 29.4 Å². The minimum Gasteiger partial charge on any atom is -0.406 e. The first kappa shape index (κ1) is 8.85. The zero-order valence-electron chi connectivity index (χ0n) is 7.59. The van der Waals surface area contributed by atoms with Gasteiger partial charge in [0.1, 0.15) is 5.75 Å². The van der Waals surface area contributed by atoms with E-state index in [1.165, 1.54) is 6.42 Å². The summed E-state index contributed by atoms with van der Waals surface area (Å²) in [5.41, 5.74) is 1.08. The summed E-state index contributed by atoms with van der Waals surface area (Å²) in [6.45, 7) is 4.06. The van der Waals surface area contributed by atoms with Crippen LogP contribution in [0.5, 0.6) is 5.75 Å². The van der Waals surface area contributed by atoms with Crippen molar-refractivity contribution >= 4 is 11.6 Å². The van der Waals surface area contributed by atoms with Crippen molar-refractivity contribution in [3.63, 3.8) is 0 Å². The van der Waals surface area contributed by atoms with Crippen LogP contribution in [0, 0.1) is 6.92 Å². The van der Waals surface area contributed by atoms with Gasteiger partial charge in [0, 0.05) is 18.1 Å². The molecule has 13 heavy (non-hydrogen) atoms. The quantitative estimate of drug-likeness (QED) is 0.723. The molecule has 0 amide bonds. The first-order valence-electron chi connectivity index (χ1n) is 4.45. The average Bonchev–Trinajstić information content (AvgIpc) is 1.99. The standard InChI is InChI=1S/C10H12ClNO/c1-8-7-9(11)3-4-10(8)13-12-5-2-6-12/h3-4,7H,2,5-6H2,1H3. The van der Waals surface area contributed by atoms with Crippen LogP contribution in [0.2, 0.25) is 5.02 Å².